The van der Waals surface area contributed by atoms with Crippen molar-refractivity contribution in [3.8, 4) is 23.3 Å². The third-order valence-corrected chi connectivity index (χ3v) is 4.76. The molecule has 2 aromatic rings. The molecule has 0 saturated carbocycles. The highest BCUT2D eigenvalue weighted by Crippen LogP contribution is 2.30. The lowest BCUT2D eigenvalue weighted by molar-refractivity contribution is -0.274. The molecule has 0 saturated heterocycles. The predicted octanol–water partition coefficient (Wildman–Crippen LogP) is 1.23. The molecule has 0 bridgehead atoms. The molecule has 0 spiro atoms. The van der Waals surface area contributed by atoms with E-state index in [0.717, 1.165) is 24.3 Å². The third-order valence-electron chi connectivity index (χ3n) is 4.76. The molecule has 0 aliphatic carbocycles. The summed E-state index contributed by atoms with van der Waals surface area (Å²) in [5, 5.41) is 22.3. The summed E-state index contributed by atoms with van der Waals surface area (Å²) in [4.78, 5) is 12.6. The van der Waals surface area contributed by atoms with Crippen LogP contribution < -0.4 is 30.7 Å². The second kappa shape index (κ2) is 10.2. The van der Waals surface area contributed by atoms with E-state index in [1.165, 1.54) is 6.92 Å². The van der Waals surface area contributed by atoms with Crippen molar-refractivity contribution in [2.75, 3.05) is 19.8 Å². The number of alkyl halides is 3. The van der Waals surface area contributed by atoms with E-state index in [1.54, 1.807) is 12.1 Å². The fourth-order valence-corrected chi connectivity index (χ4v) is 3.14. The van der Waals surface area contributed by atoms with E-state index >= 15 is 0 Å². The second-order valence-electron chi connectivity index (χ2n) is 7.53. The Bertz CT molecular complexity index is 1080. The number of ether oxygens (including phenoxy) is 3. The molecule has 1 atom stereocenters. The number of nitrogens with one attached hydrogen (secondary N) is 1. The molecule has 1 aliphatic heterocycles. The summed E-state index contributed by atoms with van der Waals surface area (Å²) in [6.07, 6.45) is -4.85. The van der Waals surface area contributed by atoms with Gasteiger partial charge < -0.3 is 34.9 Å². The minimum Gasteiger partial charge on any atom is -0.489 e. The Labute approximate surface area is 193 Å². The number of nitriles is 1. The number of nitrogens with zero attached hydrogens (tertiary/aromatic N) is 1. The SMILES string of the molecule is CC(C#N)(COc1ccc2c(c1OCCN)B(O)OC2)NC(=O)c1ccc(OC(F)(F)F)cc1. The van der Waals surface area contributed by atoms with Gasteiger partial charge in [-0.25, -0.2) is 0 Å². The van der Waals surface area contributed by atoms with Crippen molar-refractivity contribution in [2.24, 2.45) is 5.73 Å². The molecule has 3 rings (SSSR count). The van der Waals surface area contributed by atoms with Gasteiger partial charge in [0.1, 0.15) is 19.0 Å². The molecule has 0 radical (unpaired) electrons. The molecule has 1 unspecified atom stereocenters. The maximum atomic E-state index is 12.6. The molecule has 13 heteroatoms. The molecule has 1 heterocycles. The van der Waals surface area contributed by atoms with Crippen LogP contribution in [0.15, 0.2) is 36.4 Å². The van der Waals surface area contributed by atoms with Crippen molar-refractivity contribution in [1.29, 1.82) is 5.26 Å². The molecule has 1 aliphatic rings. The van der Waals surface area contributed by atoms with E-state index in [-0.39, 0.29) is 43.4 Å². The van der Waals surface area contributed by atoms with Crippen molar-refractivity contribution >= 4 is 18.5 Å². The van der Waals surface area contributed by atoms with Crippen molar-refractivity contribution in [3.05, 3.63) is 47.5 Å². The van der Waals surface area contributed by atoms with Crippen LogP contribution in [0.3, 0.4) is 0 Å². The standard InChI is InChI=1S/C21H21BF3N3O6/c1-20(11-27,28-19(29)13-2-5-15(6-3-13)34-21(23,24)25)12-32-16-7-4-14-10-33-22(30)17(14)18(16)31-9-8-26/h2-7,30H,8-10,12,26H2,1H3,(H,28,29). The van der Waals surface area contributed by atoms with E-state index in [1.807, 2.05) is 6.07 Å². The van der Waals surface area contributed by atoms with Crippen molar-refractivity contribution < 1.29 is 41.9 Å². The zero-order chi connectivity index (χ0) is 24.9. The van der Waals surface area contributed by atoms with Crippen LogP contribution in [0.25, 0.3) is 0 Å². The first kappa shape index (κ1) is 25.2. The minimum atomic E-state index is -4.85. The highest BCUT2D eigenvalue weighted by Gasteiger charge is 2.35. The van der Waals surface area contributed by atoms with Gasteiger partial charge in [0, 0.05) is 17.6 Å². The molecule has 34 heavy (non-hydrogen) atoms. The first-order valence-electron chi connectivity index (χ1n) is 10.1. The lowest BCUT2D eigenvalue weighted by Gasteiger charge is -2.25. The second-order valence-corrected chi connectivity index (χ2v) is 7.53. The van der Waals surface area contributed by atoms with Gasteiger partial charge in [-0.2, -0.15) is 5.26 Å². The third kappa shape index (κ3) is 6.10. The van der Waals surface area contributed by atoms with E-state index in [2.05, 4.69) is 10.1 Å². The van der Waals surface area contributed by atoms with Gasteiger partial charge >= 0.3 is 13.5 Å². The number of amides is 1. The number of carbonyl (C=O) groups is 1. The van der Waals surface area contributed by atoms with Crippen molar-refractivity contribution in [3.63, 3.8) is 0 Å². The molecule has 9 nitrogen and oxygen atoms in total. The maximum Gasteiger partial charge on any atom is 0.573 e. The molecule has 0 fully saturated rings. The molecule has 2 aromatic carbocycles. The Hall–Kier alpha value is -3.47. The molecule has 1 amide bonds. The molecule has 180 valence electrons. The Balaban J connectivity index is 1.72. The van der Waals surface area contributed by atoms with E-state index < -0.39 is 30.7 Å². The Morgan fingerprint density at radius 1 is 1.26 bits per heavy atom. The van der Waals surface area contributed by atoms with Gasteiger partial charge in [0.05, 0.1) is 12.7 Å². The molecule has 0 aromatic heterocycles. The number of hydrogen-bond donors (Lipinski definition) is 3. The van der Waals surface area contributed by atoms with Gasteiger partial charge in [-0.15, -0.1) is 13.2 Å². The Morgan fingerprint density at radius 2 is 1.97 bits per heavy atom. The van der Waals surface area contributed by atoms with Gasteiger partial charge in [-0.3, -0.25) is 4.79 Å². The number of rotatable bonds is 9. The number of hydrogen-bond acceptors (Lipinski definition) is 8. The quantitative estimate of drug-likeness (QED) is 0.457. The molecular formula is C21H21BF3N3O6. The summed E-state index contributed by atoms with van der Waals surface area (Å²) in [5.41, 5.74) is 5.11. The summed E-state index contributed by atoms with van der Waals surface area (Å²) in [7, 11) is -1.21. The zero-order valence-electron chi connectivity index (χ0n) is 18.0. The average molecular weight is 479 g/mol. The van der Waals surface area contributed by atoms with E-state index in [0.29, 0.717) is 11.0 Å². The summed E-state index contributed by atoms with van der Waals surface area (Å²) in [5.74, 6) is -0.757. The number of benzene rings is 2. The maximum absolute atomic E-state index is 12.6. The van der Waals surface area contributed by atoms with Crippen LogP contribution >= 0.6 is 0 Å². The smallest absolute Gasteiger partial charge is 0.489 e. The number of halogens is 3. The first-order valence-corrected chi connectivity index (χ1v) is 10.1. The van der Waals surface area contributed by atoms with Crippen molar-refractivity contribution in [2.45, 2.75) is 25.4 Å². The van der Waals surface area contributed by atoms with Crippen LogP contribution in [0.2, 0.25) is 0 Å². The van der Waals surface area contributed by atoms with Crippen molar-refractivity contribution in [1.82, 2.24) is 5.32 Å². The lowest BCUT2D eigenvalue weighted by Crippen LogP contribution is -2.49. The predicted molar refractivity (Wildman–Crippen MR) is 113 cm³/mol. The van der Waals surface area contributed by atoms with Gasteiger partial charge in [-0.1, -0.05) is 6.07 Å². The number of carbonyl (C=O) groups excluding carboxylic acids is 1. The highest BCUT2D eigenvalue weighted by molar-refractivity contribution is 6.62. The van der Waals surface area contributed by atoms with Gasteiger partial charge in [0.15, 0.2) is 17.0 Å². The number of nitrogens with two attached hydrogens (primary N) is 1. The first-order chi connectivity index (χ1) is 16.0. The fraction of sp³-hybridized carbons (Fsp3) is 0.333. The molecule has 4 N–H and O–H groups in total. The normalized spacial score (nSPS) is 14.6. The highest BCUT2D eigenvalue weighted by atomic mass is 19.4. The van der Waals surface area contributed by atoms with Crippen LogP contribution in [0.4, 0.5) is 13.2 Å². The van der Waals surface area contributed by atoms with Crippen LogP contribution in [-0.4, -0.2) is 49.7 Å². The van der Waals surface area contributed by atoms with E-state index in [9.17, 15) is 28.3 Å². The van der Waals surface area contributed by atoms with Gasteiger partial charge in [0.25, 0.3) is 5.91 Å². The van der Waals surface area contributed by atoms with Crippen LogP contribution in [0.1, 0.15) is 22.8 Å². The van der Waals surface area contributed by atoms with Crippen LogP contribution in [0.5, 0.6) is 17.2 Å². The van der Waals surface area contributed by atoms with E-state index in [4.69, 9.17) is 19.9 Å². The fourth-order valence-electron chi connectivity index (χ4n) is 3.14. The van der Waals surface area contributed by atoms with Crippen LogP contribution in [-0.2, 0) is 11.3 Å². The van der Waals surface area contributed by atoms with Gasteiger partial charge in [-0.05, 0) is 42.8 Å². The topological polar surface area (TPSA) is 136 Å². The zero-order valence-corrected chi connectivity index (χ0v) is 18.0. The molecular weight excluding hydrogens is 458 g/mol. The number of fused-ring (bicyclic) bond motifs is 1. The Morgan fingerprint density at radius 3 is 2.59 bits per heavy atom. The minimum absolute atomic E-state index is 0.0146. The van der Waals surface area contributed by atoms with Gasteiger partial charge in [0.2, 0.25) is 0 Å². The van der Waals surface area contributed by atoms with Crippen LogP contribution in [0, 0.1) is 11.3 Å². The monoisotopic (exact) mass is 479 g/mol. The summed E-state index contributed by atoms with van der Waals surface area (Å²) in [6.45, 7) is 1.64. The summed E-state index contributed by atoms with van der Waals surface area (Å²) >= 11 is 0. The summed E-state index contributed by atoms with van der Waals surface area (Å²) < 4.78 is 57.3. The summed E-state index contributed by atoms with van der Waals surface area (Å²) in [6, 6.07) is 9.47. The Kier molecular flexibility index (Phi) is 7.56. The average Bonchev–Trinajstić information content (AvgIpc) is 3.17. The lowest BCUT2D eigenvalue weighted by atomic mass is 9.78. The largest absolute Gasteiger partial charge is 0.573 e.